The number of benzene rings is 2. The van der Waals surface area contributed by atoms with Crippen molar-refractivity contribution in [2.45, 2.75) is 13.3 Å². The molecule has 0 atom stereocenters. The standard InChI is InChI=1S/C24H24N2O7/c1-15-22(24(28)33-4)19(13-17-6-5-7-18(12-17)26(29)30)23(27)25(15)11-10-16-8-9-20(31-2)21(14-16)32-3/h5-9,12-14H,10-11H2,1-4H3/b19-13-. The van der Waals surface area contributed by atoms with Crippen molar-refractivity contribution in [3.63, 3.8) is 0 Å². The van der Waals surface area contributed by atoms with E-state index in [0.29, 0.717) is 35.7 Å². The number of carbonyl (C=O) groups excluding carboxylic acids is 2. The fourth-order valence-electron chi connectivity index (χ4n) is 3.67. The molecule has 0 saturated carbocycles. The normalized spacial score (nSPS) is 14.6. The van der Waals surface area contributed by atoms with Crippen LogP contribution >= 0.6 is 0 Å². The minimum Gasteiger partial charge on any atom is -0.493 e. The van der Waals surface area contributed by atoms with E-state index in [1.807, 2.05) is 12.1 Å². The van der Waals surface area contributed by atoms with Gasteiger partial charge in [-0.1, -0.05) is 18.2 Å². The van der Waals surface area contributed by atoms with Crippen LogP contribution < -0.4 is 9.47 Å². The summed E-state index contributed by atoms with van der Waals surface area (Å²) in [5.41, 5.74) is 1.98. The summed E-state index contributed by atoms with van der Waals surface area (Å²) in [4.78, 5) is 37.8. The molecule has 172 valence electrons. The summed E-state index contributed by atoms with van der Waals surface area (Å²) in [5.74, 6) is 0.160. The van der Waals surface area contributed by atoms with E-state index in [0.717, 1.165) is 5.56 Å². The van der Waals surface area contributed by atoms with E-state index in [1.165, 1.54) is 36.3 Å². The second-order valence-electron chi connectivity index (χ2n) is 7.26. The van der Waals surface area contributed by atoms with Gasteiger partial charge in [-0.3, -0.25) is 14.9 Å². The third kappa shape index (κ3) is 4.87. The predicted molar refractivity (Wildman–Crippen MR) is 121 cm³/mol. The lowest BCUT2D eigenvalue weighted by Gasteiger charge is -2.18. The van der Waals surface area contributed by atoms with Gasteiger partial charge in [0.1, 0.15) is 0 Å². The zero-order valence-corrected chi connectivity index (χ0v) is 18.8. The van der Waals surface area contributed by atoms with Gasteiger partial charge in [-0.05, 0) is 42.7 Å². The molecule has 3 rings (SSSR count). The highest BCUT2D eigenvalue weighted by Gasteiger charge is 2.36. The highest BCUT2D eigenvalue weighted by atomic mass is 16.6. The monoisotopic (exact) mass is 452 g/mol. The number of rotatable bonds is 8. The maximum atomic E-state index is 13.2. The molecule has 9 heteroatoms. The van der Waals surface area contributed by atoms with E-state index in [9.17, 15) is 19.7 Å². The summed E-state index contributed by atoms with van der Waals surface area (Å²) in [6.07, 6.45) is 1.98. The SMILES string of the molecule is COC(=O)C1=C(C)N(CCc2ccc(OC)c(OC)c2)C(=O)/C1=C\c1cccc([N+](=O)[O-])c1. The lowest BCUT2D eigenvalue weighted by atomic mass is 10.0. The van der Waals surface area contributed by atoms with Crippen LogP contribution in [0, 0.1) is 10.1 Å². The Morgan fingerprint density at radius 1 is 1.09 bits per heavy atom. The molecule has 1 heterocycles. The summed E-state index contributed by atoms with van der Waals surface area (Å²) >= 11 is 0. The van der Waals surface area contributed by atoms with E-state index in [2.05, 4.69) is 0 Å². The van der Waals surface area contributed by atoms with Gasteiger partial charge >= 0.3 is 5.97 Å². The molecule has 0 aromatic heterocycles. The summed E-state index contributed by atoms with van der Waals surface area (Å²) < 4.78 is 15.5. The zero-order chi connectivity index (χ0) is 24.1. The third-order valence-electron chi connectivity index (χ3n) is 5.37. The van der Waals surface area contributed by atoms with Gasteiger partial charge in [-0.15, -0.1) is 0 Å². The molecule has 1 aliphatic heterocycles. The Balaban J connectivity index is 1.92. The number of esters is 1. The first-order chi connectivity index (χ1) is 15.8. The van der Waals surface area contributed by atoms with Crippen LogP contribution in [0.4, 0.5) is 5.69 Å². The molecule has 0 saturated heterocycles. The molecule has 0 spiro atoms. The van der Waals surface area contributed by atoms with Gasteiger partial charge in [0.15, 0.2) is 11.5 Å². The average molecular weight is 452 g/mol. The number of non-ortho nitro benzene ring substituents is 1. The lowest BCUT2D eigenvalue weighted by molar-refractivity contribution is -0.384. The molecule has 0 bridgehead atoms. The second-order valence-corrected chi connectivity index (χ2v) is 7.26. The van der Waals surface area contributed by atoms with Crippen LogP contribution in [0.2, 0.25) is 0 Å². The number of ether oxygens (including phenoxy) is 3. The van der Waals surface area contributed by atoms with E-state index < -0.39 is 10.9 Å². The number of nitro benzene ring substituents is 1. The highest BCUT2D eigenvalue weighted by Crippen LogP contribution is 2.33. The van der Waals surface area contributed by atoms with Gasteiger partial charge < -0.3 is 19.1 Å². The predicted octanol–water partition coefficient (Wildman–Crippen LogP) is 3.53. The fourth-order valence-corrected chi connectivity index (χ4v) is 3.67. The molecule has 2 aromatic carbocycles. The van der Waals surface area contributed by atoms with Crippen molar-refractivity contribution >= 4 is 23.6 Å². The minimum absolute atomic E-state index is 0.111. The summed E-state index contributed by atoms with van der Waals surface area (Å²) in [7, 11) is 4.34. The van der Waals surface area contributed by atoms with E-state index >= 15 is 0 Å². The fraction of sp³-hybridized carbons (Fsp3) is 0.250. The Morgan fingerprint density at radius 3 is 2.45 bits per heavy atom. The van der Waals surface area contributed by atoms with Crippen LogP contribution in [0.1, 0.15) is 18.1 Å². The van der Waals surface area contributed by atoms with Gasteiger partial charge in [-0.2, -0.15) is 0 Å². The van der Waals surface area contributed by atoms with Crippen LogP contribution in [0.25, 0.3) is 6.08 Å². The number of carbonyl (C=O) groups is 2. The van der Waals surface area contributed by atoms with Crippen molar-refractivity contribution in [2.24, 2.45) is 0 Å². The maximum Gasteiger partial charge on any atom is 0.340 e. The van der Waals surface area contributed by atoms with Crippen LogP contribution in [0.3, 0.4) is 0 Å². The Hall–Kier alpha value is -4.14. The van der Waals surface area contributed by atoms with Crippen LogP contribution in [0.5, 0.6) is 11.5 Å². The van der Waals surface area contributed by atoms with Gasteiger partial charge in [0.05, 0.1) is 37.4 Å². The van der Waals surface area contributed by atoms with Crippen LogP contribution in [-0.2, 0) is 20.7 Å². The Morgan fingerprint density at radius 2 is 1.82 bits per heavy atom. The second kappa shape index (κ2) is 9.99. The largest absolute Gasteiger partial charge is 0.493 e. The Kier molecular flexibility index (Phi) is 7.12. The highest BCUT2D eigenvalue weighted by molar-refractivity contribution is 6.16. The first-order valence-corrected chi connectivity index (χ1v) is 10.1. The number of hydrogen-bond donors (Lipinski definition) is 0. The van der Waals surface area contributed by atoms with Crippen LogP contribution in [-0.4, -0.2) is 49.6 Å². The Bertz CT molecular complexity index is 1170. The van der Waals surface area contributed by atoms with E-state index in [1.54, 1.807) is 33.3 Å². The van der Waals surface area contributed by atoms with Crippen LogP contribution in [0.15, 0.2) is 59.3 Å². The molecular weight excluding hydrogens is 428 g/mol. The van der Waals surface area contributed by atoms with Gasteiger partial charge in [-0.25, -0.2) is 4.79 Å². The third-order valence-corrected chi connectivity index (χ3v) is 5.37. The molecule has 33 heavy (non-hydrogen) atoms. The van der Waals surface area contributed by atoms with Crippen molar-refractivity contribution in [2.75, 3.05) is 27.9 Å². The number of amides is 1. The molecule has 0 radical (unpaired) electrons. The lowest BCUT2D eigenvalue weighted by Crippen LogP contribution is -2.27. The molecule has 2 aromatic rings. The number of hydrogen-bond acceptors (Lipinski definition) is 7. The van der Waals surface area contributed by atoms with Crippen molar-refractivity contribution in [3.8, 4) is 11.5 Å². The molecular formula is C24H24N2O7. The number of nitro groups is 1. The first kappa shape index (κ1) is 23.5. The first-order valence-electron chi connectivity index (χ1n) is 10.1. The van der Waals surface area contributed by atoms with E-state index in [-0.39, 0.29) is 22.7 Å². The molecule has 1 aliphatic rings. The summed E-state index contributed by atoms with van der Waals surface area (Å²) in [6.45, 7) is 1.99. The minimum atomic E-state index is -0.647. The van der Waals surface area contributed by atoms with Crippen molar-refractivity contribution in [3.05, 3.63) is 80.5 Å². The van der Waals surface area contributed by atoms with E-state index in [4.69, 9.17) is 14.2 Å². The average Bonchev–Trinajstić information content (AvgIpc) is 3.05. The molecule has 0 fully saturated rings. The van der Waals surface area contributed by atoms with Gasteiger partial charge in [0, 0.05) is 24.4 Å². The maximum absolute atomic E-state index is 13.2. The van der Waals surface area contributed by atoms with Crippen molar-refractivity contribution in [1.82, 2.24) is 4.90 Å². The smallest absolute Gasteiger partial charge is 0.340 e. The van der Waals surface area contributed by atoms with Crippen molar-refractivity contribution in [1.29, 1.82) is 0 Å². The quantitative estimate of drug-likeness (QED) is 0.261. The topological polar surface area (TPSA) is 108 Å². The molecule has 0 unspecified atom stereocenters. The molecule has 0 N–H and O–H groups in total. The van der Waals surface area contributed by atoms with Crippen molar-refractivity contribution < 1.29 is 28.7 Å². The molecule has 1 amide bonds. The zero-order valence-electron chi connectivity index (χ0n) is 18.8. The van der Waals surface area contributed by atoms with Gasteiger partial charge in [0.25, 0.3) is 11.6 Å². The van der Waals surface area contributed by atoms with Gasteiger partial charge in [0.2, 0.25) is 0 Å². The summed E-state index contributed by atoms with van der Waals surface area (Å²) in [6, 6.07) is 11.3. The molecule has 9 nitrogen and oxygen atoms in total. The number of allylic oxidation sites excluding steroid dienone is 1. The summed E-state index contributed by atoms with van der Waals surface area (Å²) in [5, 5.41) is 11.1. The number of nitrogens with zero attached hydrogens (tertiary/aromatic N) is 2. The molecule has 0 aliphatic carbocycles. The number of methoxy groups -OCH3 is 3. The Labute approximate surface area is 191 Å².